The van der Waals surface area contributed by atoms with Gasteiger partial charge < -0.3 is 14.2 Å². The molecular weight excluding hydrogens is 399 g/mol. The number of benzene rings is 1. The summed E-state index contributed by atoms with van der Waals surface area (Å²) >= 11 is 0. The standard InChI is InChI=1S/C21H20F3N3O3/c1-12-19-14(20(23)24)10-16(25-21(19)30-26-12)13-6-8-27(9-7-13)18(28)11-29-17-5-3-2-4-15(17)22/h2-5,10,13,20H,6-9,11H2,1H3. The number of nitrogens with zero attached hydrogens (tertiary/aromatic N) is 3. The Morgan fingerprint density at radius 2 is 2.03 bits per heavy atom. The molecule has 3 heterocycles. The SMILES string of the molecule is Cc1noc2nc(C3CCN(C(=O)COc4ccccc4F)CC3)cc(C(F)F)c12. The smallest absolute Gasteiger partial charge is 0.264 e. The summed E-state index contributed by atoms with van der Waals surface area (Å²) in [4.78, 5) is 18.4. The molecule has 158 valence electrons. The molecule has 0 aliphatic carbocycles. The molecule has 2 aromatic heterocycles. The number of aryl methyl sites for hydroxylation is 1. The molecule has 0 atom stereocenters. The molecule has 0 saturated carbocycles. The summed E-state index contributed by atoms with van der Waals surface area (Å²) in [5, 5.41) is 4.00. The molecule has 0 spiro atoms. The summed E-state index contributed by atoms with van der Waals surface area (Å²) in [6, 6.07) is 7.31. The van der Waals surface area contributed by atoms with Gasteiger partial charge in [-0.15, -0.1) is 0 Å². The van der Waals surface area contributed by atoms with Crippen LogP contribution in [0.25, 0.3) is 11.1 Å². The van der Waals surface area contributed by atoms with Crippen molar-refractivity contribution in [3.63, 3.8) is 0 Å². The maximum atomic E-state index is 13.6. The number of hydrogen-bond acceptors (Lipinski definition) is 5. The van der Waals surface area contributed by atoms with Crippen LogP contribution < -0.4 is 4.74 Å². The van der Waals surface area contributed by atoms with E-state index in [4.69, 9.17) is 9.26 Å². The van der Waals surface area contributed by atoms with Gasteiger partial charge in [0, 0.05) is 30.3 Å². The van der Waals surface area contributed by atoms with E-state index in [0.29, 0.717) is 37.3 Å². The van der Waals surface area contributed by atoms with Crippen LogP contribution in [0.4, 0.5) is 13.2 Å². The number of alkyl halides is 2. The van der Waals surface area contributed by atoms with Gasteiger partial charge in [0.1, 0.15) is 0 Å². The zero-order valence-electron chi connectivity index (χ0n) is 16.3. The number of carbonyl (C=O) groups excluding carboxylic acids is 1. The second-order valence-corrected chi connectivity index (χ2v) is 7.26. The molecule has 0 bridgehead atoms. The van der Waals surface area contributed by atoms with Crippen LogP contribution in [0.2, 0.25) is 0 Å². The van der Waals surface area contributed by atoms with Crippen LogP contribution in [0.15, 0.2) is 34.9 Å². The number of aromatic nitrogens is 2. The van der Waals surface area contributed by atoms with Gasteiger partial charge in [-0.25, -0.2) is 18.2 Å². The first-order valence-electron chi connectivity index (χ1n) is 9.64. The number of fused-ring (bicyclic) bond motifs is 1. The van der Waals surface area contributed by atoms with E-state index in [0.717, 1.165) is 0 Å². The summed E-state index contributed by atoms with van der Waals surface area (Å²) in [5.41, 5.74) is 0.876. The van der Waals surface area contributed by atoms with Gasteiger partial charge in [-0.1, -0.05) is 17.3 Å². The monoisotopic (exact) mass is 419 g/mol. The van der Waals surface area contributed by atoms with Crippen LogP contribution in [-0.4, -0.2) is 40.6 Å². The molecular formula is C21H20F3N3O3. The molecule has 30 heavy (non-hydrogen) atoms. The first-order valence-corrected chi connectivity index (χ1v) is 9.64. The second kappa shape index (κ2) is 8.33. The fraction of sp³-hybridized carbons (Fsp3) is 0.381. The van der Waals surface area contributed by atoms with E-state index in [1.54, 1.807) is 24.0 Å². The highest BCUT2D eigenvalue weighted by molar-refractivity contribution is 5.80. The Morgan fingerprint density at radius 1 is 1.30 bits per heavy atom. The van der Waals surface area contributed by atoms with Gasteiger partial charge in [0.05, 0.1) is 11.1 Å². The predicted molar refractivity (Wildman–Crippen MR) is 102 cm³/mol. The van der Waals surface area contributed by atoms with Crippen LogP contribution in [0, 0.1) is 12.7 Å². The fourth-order valence-electron chi connectivity index (χ4n) is 3.75. The molecule has 9 heteroatoms. The number of amides is 1. The molecule has 1 aliphatic heterocycles. The van der Waals surface area contributed by atoms with E-state index >= 15 is 0 Å². The van der Waals surface area contributed by atoms with Gasteiger partial charge in [0.15, 0.2) is 18.2 Å². The van der Waals surface area contributed by atoms with Crippen molar-refractivity contribution >= 4 is 17.0 Å². The number of rotatable bonds is 5. The van der Waals surface area contributed by atoms with Crippen LogP contribution in [0.5, 0.6) is 5.75 Å². The number of hydrogen-bond donors (Lipinski definition) is 0. The number of carbonyl (C=O) groups is 1. The lowest BCUT2D eigenvalue weighted by molar-refractivity contribution is -0.134. The molecule has 1 aliphatic rings. The predicted octanol–water partition coefficient (Wildman–Crippen LogP) is 4.39. The molecule has 1 aromatic carbocycles. The molecule has 4 rings (SSSR count). The molecule has 1 saturated heterocycles. The van der Waals surface area contributed by atoms with Gasteiger partial charge in [-0.05, 0) is 38.0 Å². The number of ether oxygens (including phenoxy) is 1. The van der Waals surface area contributed by atoms with Crippen LogP contribution in [0.1, 0.15) is 42.1 Å². The summed E-state index contributed by atoms with van der Waals surface area (Å²) in [7, 11) is 0. The molecule has 6 nitrogen and oxygen atoms in total. The minimum Gasteiger partial charge on any atom is -0.481 e. The van der Waals surface area contributed by atoms with Crippen molar-refractivity contribution in [1.29, 1.82) is 0 Å². The Labute approximate surface area is 170 Å². The highest BCUT2D eigenvalue weighted by atomic mass is 19.3. The Morgan fingerprint density at radius 3 is 2.73 bits per heavy atom. The summed E-state index contributed by atoms with van der Waals surface area (Å²) in [5.74, 6) is -0.823. The quantitative estimate of drug-likeness (QED) is 0.614. The topological polar surface area (TPSA) is 68.5 Å². The van der Waals surface area contributed by atoms with Crippen LogP contribution in [0.3, 0.4) is 0 Å². The van der Waals surface area contributed by atoms with E-state index in [1.165, 1.54) is 18.2 Å². The first kappa shape index (κ1) is 20.2. The normalized spacial score (nSPS) is 15.2. The van der Waals surface area contributed by atoms with Crippen molar-refractivity contribution in [2.45, 2.75) is 32.1 Å². The zero-order valence-corrected chi connectivity index (χ0v) is 16.3. The average molecular weight is 419 g/mol. The molecule has 0 radical (unpaired) electrons. The van der Waals surface area contributed by atoms with E-state index in [-0.39, 0.29) is 40.8 Å². The number of piperidine rings is 1. The summed E-state index contributed by atoms with van der Waals surface area (Å²) in [6.45, 7) is 2.21. The van der Waals surface area contributed by atoms with Gasteiger partial charge in [0.25, 0.3) is 18.0 Å². The third-order valence-corrected chi connectivity index (χ3v) is 5.36. The maximum Gasteiger partial charge on any atom is 0.264 e. The third-order valence-electron chi connectivity index (χ3n) is 5.36. The van der Waals surface area contributed by atoms with Crippen molar-refractivity contribution < 1.29 is 27.2 Å². The lowest BCUT2D eigenvalue weighted by Crippen LogP contribution is -2.40. The highest BCUT2D eigenvalue weighted by Crippen LogP contribution is 2.34. The number of halogens is 3. The van der Waals surface area contributed by atoms with Crippen molar-refractivity contribution in [3.8, 4) is 5.75 Å². The second-order valence-electron chi connectivity index (χ2n) is 7.26. The zero-order chi connectivity index (χ0) is 21.3. The Kier molecular flexibility index (Phi) is 5.61. The van der Waals surface area contributed by atoms with E-state index < -0.39 is 12.2 Å². The minimum absolute atomic E-state index is 0.0279. The minimum atomic E-state index is -2.66. The number of pyridine rings is 1. The average Bonchev–Trinajstić information content (AvgIpc) is 3.13. The Bertz CT molecular complexity index is 1060. The van der Waals surface area contributed by atoms with Crippen molar-refractivity contribution in [2.24, 2.45) is 0 Å². The largest absolute Gasteiger partial charge is 0.481 e. The van der Waals surface area contributed by atoms with E-state index in [9.17, 15) is 18.0 Å². The molecule has 3 aromatic rings. The van der Waals surface area contributed by atoms with E-state index in [1.807, 2.05) is 0 Å². The third kappa shape index (κ3) is 3.96. The summed E-state index contributed by atoms with van der Waals surface area (Å²) in [6.07, 6.45) is -1.52. The highest BCUT2D eigenvalue weighted by Gasteiger charge is 2.28. The fourth-order valence-corrected chi connectivity index (χ4v) is 3.75. The maximum absolute atomic E-state index is 13.6. The molecule has 0 unspecified atom stereocenters. The van der Waals surface area contributed by atoms with Crippen LogP contribution >= 0.6 is 0 Å². The van der Waals surface area contributed by atoms with Gasteiger partial charge in [-0.3, -0.25) is 4.79 Å². The molecule has 1 amide bonds. The number of likely N-dealkylation sites (tertiary alicyclic amines) is 1. The first-order chi connectivity index (χ1) is 14.4. The lowest BCUT2D eigenvalue weighted by Gasteiger charge is -2.31. The lowest BCUT2D eigenvalue weighted by atomic mass is 9.91. The Balaban J connectivity index is 1.41. The van der Waals surface area contributed by atoms with Crippen LogP contribution in [-0.2, 0) is 4.79 Å². The van der Waals surface area contributed by atoms with Gasteiger partial charge in [-0.2, -0.15) is 0 Å². The van der Waals surface area contributed by atoms with Crippen molar-refractivity contribution in [3.05, 3.63) is 53.1 Å². The van der Waals surface area contributed by atoms with E-state index in [2.05, 4.69) is 10.1 Å². The summed E-state index contributed by atoms with van der Waals surface area (Å²) < 4.78 is 51.0. The Hall–Kier alpha value is -3.10. The molecule has 1 fully saturated rings. The van der Waals surface area contributed by atoms with Crippen molar-refractivity contribution in [2.75, 3.05) is 19.7 Å². The van der Waals surface area contributed by atoms with Gasteiger partial charge >= 0.3 is 0 Å². The van der Waals surface area contributed by atoms with Crippen molar-refractivity contribution in [1.82, 2.24) is 15.0 Å². The molecule has 0 N–H and O–H groups in total. The van der Waals surface area contributed by atoms with Gasteiger partial charge in [0.2, 0.25) is 0 Å². The number of para-hydroxylation sites is 1.